The van der Waals surface area contributed by atoms with Crippen LogP contribution in [-0.4, -0.2) is 49.6 Å². The van der Waals surface area contributed by atoms with Gasteiger partial charge in [0.25, 0.3) is 0 Å². The van der Waals surface area contributed by atoms with E-state index in [1.165, 1.54) is 0 Å². The lowest BCUT2D eigenvalue weighted by molar-refractivity contribution is -0.126. The third-order valence-corrected chi connectivity index (χ3v) is 3.86. The number of nitrogens with zero attached hydrogens (tertiary/aromatic N) is 2. The molecule has 108 valence electrons. The summed E-state index contributed by atoms with van der Waals surface area (Å²) in [7, 11) is 1.69. The standard InChI is InChI=1S/C14H26N4O/c1-4-17-14(2,11-15)7-9-18-8-5-6-12(10-18)13(19)16-3/h12,17H,4-10H2,1-3H3,(H,16,19). The Morgan fingerprint density at radius 3 is 2.89 bits per heavy atom. The van der Waals surface area contributed by atoms with Crippen LogP contribution in [0.15, 0.2) is 0 Å². The molecule has 0 aromatic rings. The molecule has 2 unspecified atom stereocenters. The van der Waals surface area contributed by atoms with Gasteiger partial charge in [0.15, 0.2) is 0 Å². The summed E-state index contributed by atoms with van der Waals surface area (Å²) in [6.45, 7) is 7.46. The molecule has 0 bridgehead atoms. The van der Waals surface area contributed by atoms with Crippen LogP contribution < -0.4 is 10.6 Å². The van der Waals surface area contributed by atoms with Crippen LogP contribution in [0.5, 0.6) is 0 Å². The number of hydrogen-bond donors (Lipinski definition) is 2. The second kappa shape index (κ2) is 7.46. The van der Waals surface area contributed by atoms with Gasteiger partial charge in [0, 0.05) is 20.1 Å². The summed E-state index contributed by atoms with van der Waals surface area (Å²) in [5.41, 5.74) is -0.464. The fraction of sp³-hybridized carbons (Fsp3) is 0.857. The number of hydrogen-bond acceptors (Lipinski definition) is 4. The van der Waals surface area contributed by atoms with Crippen LogP contribution >= 0.6 is 0 Å². The van der Waals surface area contributed by atoms with Gasteiger partial charge in [-0.3, -0.25) is 10.1 Å². The molecule has 2 N–H and O–H groups in total. The molecule has 0 spiro atoms. The zero-order chi connectivity index (χ0) is 14.3. The molecule has 1 amide bonds. The van der Waals surface area contributed by atoms with Gasteiger partial charge in [-0.1, -0.05) is 6.92 Å². The summed E-state index contributed by atoms with van der Waals surface area (Å²) in [6, 6.07) is 2.35. The van der Waals surface area contributed by atoms with Crippen LogP contribution in [0, 0.1) is 17.2 Å². The Morgan fingerprint density at radius 2 is 2.32 bits per heavy atom. The lowest BCUT2D eigenvalue weighted by Crippen LogP contribution is -2.47. The fourth-order valence-corrected chi connectivity index (χ4v) is 2.63. The second-order valence-electron chi connectivity index (χ2n) is 5.48. The van der Waals surface area contributed by atoms with Crippen LogP contribution in [0.4, 0.5) is 0 Å². The van der Waals surface area contributed by atoms with Crippen molar-refractivity contribution >= 4 is 5.91 Å². The third-order valence-electron chi connectivity index (χ3n) is 3.86. The van der Waals surface area contributed by atoms with Crippen molar-refractivity contribution in [3.05, 3.63) is 0 Å². The Balaban J connectivity index is 2.45. The number of carbonyl (C=O) groups excluding carboxylic acids is 1. The summed E-state index contributed by atoms with van der Waals surface area (Å²) in [6.07, 6.45) is 2.82. The summed E-state index contributed by atoms with van der Waals surface area (Å²) in [5, 5.41) is 15.2. The van der Waals surface area contributed by atoms with Gasteiger partial charge in [-0.15, -0.1) is 0 Å². The Morgan fingerprint density at radius 1 is 1.58 bits per heavy atom. The average Bonchev–Trinajstić information content (AvgIpc) is 2.45. The van der Waals surface area contributed by atoms with Crippen molar-refractivity contribution in [2.45, 2.75) is 38.6 Å². The van der Waals surface area contributed by atoms with E-state index in [-0.39, 0.29) is 11.8 Å². The number of amides is 1. The highest BCUT2D eigenvalue weighted by Gasteiger charge is 2.28. The highest BCUT2D eigenvalue weighted by atomic mass is 16.1. The normalized spacial score (nSPS) is 23.4. The topological polar surface area (TPSA) is 68.2 Å². The SMILES string of the molecule is CCNC(C)(C#N)CCN1CCCC(C(=O)NC)C1. The summed E-state index contributed by atoms with van der Waals surface area (Å²) < 4.78 is 0. The van der Waals surface area contributed by atoms with Crippen molar-refractivity contribution in [2.24, 2.45) is 5.92 Å². The maximum absolute atomic E-state index is 11.7. The number of rotatable bonds is 6. The van der Waals surface area contributed by atoms with Gasteiger partial charge in [-0.25, -0.2) is 0 Å². The summed E-state index contributed by atoms with van der Waals surface area (Å²) >= 11 is 0. The maximum Gasteiger partial charge on any atom is 0.224 e. The van der Waals surface area contributed by atoms with Crippen LogP contribution in [0.2, 0.25) is 0 Å². The third kappa shape index (κ3) is 4.81. The highest BCUT2D eigenvalue weighted by Crippen LogP contribution is 2.18. The zero-order valence-corrected chi connectivity index (χ0v) is 12.3. The molecule has 1 heterocycles. The van der Waals surface area contributed by atoms with Gasteiger partial charge in [0.2, 0.25) is 5.91 Å². The summed E-state index contributed by atoms with van der Waals surface area (Å²) in [4.78, 5) is 14.0. The van der Waals surface area contributed by atoms with Crippen molar-refractivity contribution in [3.8, 4) is 6.07 Å². The second-order valence-corrected chi connectivity index (χ2v) is 5.48. The molecule has 0 aliphatic carbocycles. The van der Waals surface area contributed by atoms with E-state index in [4.69, 9.17) is 0 Å². The highest BCUT2D eigenvalue weighted by molar-refractivity contribution is 5.78. The molecule has 2 atom stereocenters. The number of likely N-dealkylation sites (tertiary alicyclic amines) is 1. The Labute approximate surface area is 116 Å². The largest absolute Gasteiger partial charge is 0.359 e. The monoisotopic (exact) mass is 266 g/mol. The average molecular weight is 266 g/mol. The lowest BCUT2D eigenvalue weighted by atomic mass is 9.95. The number of nitrogens with one attached hydrogen (secondary N) is 2. The summed E-state index contributed by atoms with van der Waals surface area (Å²) in [5.74, 6) is 0.241. The molecule has 19 heavy (non-hydrogen) atoms. The minimum Gasteiger partial charge on any atom is -0.359 e. The van der Waals surface area contributed by atoms with E-state index in [9.17, 15) is 10.1 Å². The smallest absolute Gasteiger partial charge is 0.224 e. The lowest BCUT2D eigenvalue weighted by Gasteiger charge is -2.33. The molecule has 1 saturated heterocycles. The van der Waals surface area contributed by atoms with E-state index in [2.05, 4.69) is 21.6 Å². The molecule has 1 aliphatic heterocycles. The molecule has 0 aromatic heterocycles. The molecule has 0 radical (unpaired) electrons. The van der Waals surface area contributed by atoms with E-state index in [1.54, 1.807) is 7.05 Å². The molecular formula is C14H26N4O. The van der Waals surface area contributed by atoms with Crippen molar-refractivity contribution < 1.29 is 4.79 Å². The van der Waals surface area contributed by atoms with Gasteiger partial charge in [-0.2, -0.15) is 5.26 Å². The fourth-order valence-electron chi connectivity index (χ4n) is 2.63. The minimum absolute atomic E-state index is 0.103. The molecule has 5 nitrogen and oxygen atoms in total. The first-order chi connectivity index (χ1) is 9.04. The first-order valence-electron chi connectivity index (χ1n) is 7.15. The Bertz CT molecular complexity index is 339. The number of piperidine rings is 1. The van der Waals surface area contributed by atoms with Gasteiger partial charge in [0.05, 0.1) is 12.0 Å². The van der Waals surface area contributed by atoms with Crippen molar-refractivity contribution in [1.29, 1.82) is 5.26 Å². The predicted octanol–water partition coefficient (Wildman–Crippen LogP) is 0.726. The quantitative estimate of drug-likeness (QED) is 0.743. The van der Waals surface area contributed by atoms with E-state index >= 15 is 0 Å². The van der Waals surface area contributed by atoms with Gasteiger partial charge in [0.1, 0.15) is 5.54 Å². The van der Waals surface area contributed by atoms with Crippen molar-refractivity contribution in [3.63, 3.8) is 0 Å². The van der Waals surface area contributed by atoms with Crippen molar-refractivity contribution in [1.82, 2.24) is 15.5 Å². The number of carbonyl (C=O) groups is 1. The molecule has 1 rings (SSSR count). The van der Waals surface area contributed by atoms with E-state index in [1.807, 2.05) is 13.8 Å². The minimum atomic E-state index is -0.464. The molecular weight excluding hydrogens is 240 g/mol. The van der Waals surface area contributed by atoms with Gasteiger partial charge in [-0.05, 0) is 39.3 Å². The molecule has 0 aromatic carbocycles. The van der Waals surface area contributed by atoms with E-state index in [0.29, 0.717) is 0 Å². The van der Waals surface area contributed by atoms with E-state index < -0.39 is 5.54 Å². The van der Waals surface area contributed by atoms with E-state index in [0.717, 1.165) is 45.4 Å². The van der Waals surface area contributed by atoms with Gasteiger partial charge < -0.3 is 10.2 Å². The molecule has 0 saturated carbocycles. The van der Waals surface area contributed by atoms with Crippen LogP contribution in [0.3, 0.4) is 0 Å². The Hall–Kier alpha value is -1.12. The predicted molar refractivity (Wildman–Crippen MR) is 75.5 cm³/mol. The zero-order valence-electron chi connectivity index (χ0n) is 12.3. The van der Waals surface area contributed by atoms with Crippen LogP contribution in [0.1, 0.15) is 33.1 Å². The first kappa shape index (κ1) is 15.9. The first-order valence-corrected chi connectivity index (χ1v) is 7.15. The van der Waals surface area contributed by atoms with Crippen molar-refractivity contribution in [2.75, 3.05) is 33.2 Å². The Kier molecular flexibility index (Phi) is 6.26. The molecule has 1 fully saturated rings. The van der Waals surface area contributed by atoms with Crippen LogP contribution in [-0.2, 0) is 4.79 Å². The van der Waals surface area contributed by atoms with Gasteiger partial charge >= 0.3 is 0 Å². The number of nitriles is 1. The molecule has 1 aliphatic rings. The van der Waals surface area contributed by atoms with Crippen LogP contribution in [0.25, 0.3) is 0 Å². The molecule has 5 heteroatoms. The maximum atomic E-state index is 11.7.